The van der Waals surface area contributed by atoms with Gasteiger partial charge in [-0.05, 0) is 38.3 Å². The SMILES string of the molecule is CC.CCC=C(C)NCc1ccc(C)cc1C. The first kappa shape index (κ1) is 15.8. The van der Waals surface area contributed by atoms with E-state index in [0.29, 0.717) is 0 Å². The Morgan fingerprint density at radius 3 is 2.41 bits per heavy atom. The van der Waals surface area contributed by atoms with Gasteiger partial charge in [-0.1, -0.05) is 50.6 Å². The smallest absolute Gasteiger partial charge is 0.0400 e. The Morgan fingerprint density at radius 2 is 1.88 bits per heavy atom. The topological polar surface area (TPSA) is 12.0 Å². The van der Waals surface area contributed by atoms with Crippen molar-refractivity contribution in [2.45, 2.75) is 54.5 Å². The summed E-state index contributed by atoms with van der Waals surface area (Å²) in [5.74, 6) is 0. The Kier molecular flexibility index (Phi) is 8.21. The molecule has 1 heteroatoms. The van der Waals surface area contributed by atoms with Crippen molar-refractivity contribution in [2.75, 3.05) is 0 Å². The normalized spacial score (nSPS) is 10.6. The molecule has 0 heterocycles. The third kappa shape index (κ3) is 6.15. The predicted molar refractivity (Wildman–Crippen MR) is 78.2 cm³/mol. The van der Waals surface area contributed by atoms with E-state index in [1.165, 1.54) is 22.4 Å². The summed E-state index contributed by atoms with van der Waals surface area (Å²) in [5.41, 5.74) is 5.34. The van der Waals surface area contributed by atoms with Gasteiger partial charge in [0.2, 0.25) is 0 Å². The molecule has 0 aliphatic heterocycles. The summed E-state index contributed by atoms with van der Waals surface area (Å²) < 4.78 is 0. The number of hydrogen-bond donors (Lipinski definition) is 1. The van der Waals surface area contributed by atoms with Gasteiger partial charge in [-0.25, -0.2) is 0 Å². The number of allylic oxidation sites excluding steroid dienone is 2. The number of hydrogen-bond acceptors (Lipinski definition) is 1. The lowest BCUT2D eigenvalue weighted by Crippen LogP contribution is -2.11. The lowest BCUT2D eigenvalue weighted by Gasteiger charge is -2.09. The van der Waals surface area contributed by atoms with Crippen LogP contribution in [-0.2, 0) is 6.54 Å². The highest BCUT2D eigenvalue weighted by atomic mass is 14.9. The molecule has 1 nitrogen and oxygen atoms in total. The molecular weight excluding hydrogens is 206 g/mol. The summed E-state index contributed by atoms with van der Waals surface area (Å²) in [6, 6.07) is 6.61. The Hall–Kier alpha value is -1.24. The first-order chi connectivity index (χ1) is 8.13. The molecule has 96 valence electrons. The average Bonchev–Trinajstić information content (AvgIpc) is 2.31. The molecule has 0 unspecified atom stereocenters. The zero-order chi connectivity index (χ0) is 13.3. The molecule has 0 radical (unpaired) electrons. The van der Waals surface area contributed by atoms with Gasteiger partial charge in [0.1, 0.15) is 0 Å². The van der Waals surface area contributed by atoms with Crippen LogP contribution in [0.5, 0.6) is 0 Å². The molecular formula is C16H27N. The van der Waals surface area contributed by atoms with Crippen LogP contribution in [0, 0.1) is 13.8 Å². The fraction of sp³-hybridized carbons (Fsp3) is 0.500. The molecule has 1 rings (SSSR count). The molecule has 0 atom stereocenters. The molecule has 0 aromatic heterocycles. The molecule has 17 heavy (non-hydrogen) atoms. The maximum atomic E-state index is 3.42. The van der Waals surface area contributed by atoms with E-state index in [-0.39, 0.29) is 0 Å². The van der Waals surface area contributed by atoms with Gasteiger partial charge < -0.3 is 5.32 Å². The van der Waals surface area contributed by atoms with E-state index in [1.807, 2.05) is 13.8 Å². The summed E-state index contributed by atoms with van der Waals surface area (Å²) >= 11 is 0. The molecule has 0 aliphatic carbocycles. The molecule has 1 N–H and O–H groups in total. The summed E-state index contributed by atoms with van der Waals surface area (Å²) in [6.07, 6.45) is 3.30. The summed E-state index contributed by atoms with van der Waals surface area (Å²) in [6.45, 7) is 13.5. The van der Waals surface area contributed by atoms with Gasteiger partial charge in [-0.2, -0.15) is 0 Å². The van der Waals surface area contributed by atoms with E-state index in [2.05, 4.69) is 57.3 Å². The van der Waals surface area contributed by atoms with Crippen molar-refractivity contribution in [3.05, 3.63) is 46.7 Å². The van der Waals surface area contributed by atoms with Gasteiger partial charge in [0.25, 0.3) is 0 Å². The van der Waals surface area contributed by atoms with Gasteiger partial charge in [0.05, 0.1) is 0 Å². The molecule has 0 aliphatic rings. The van der Waals surface area contributed by atoms with E-state index in [9.17, 15) is 0 Å². The zero-order valence-electron chi connectivity index (χ0n) is 12.2. The first-order valence-electron chi connectivity index (χ1n) is 6.60. The van der Waals surface area contributed by atoms with E-state index in [0.717, 1.165) is 13.0 Å². The summed E-state index contributed by atoms with van der Waals surface area (Å²) in [5, 5.41) is 3.42. The largest absolute Gasteiger partial charge is 0.385 e. The summed E-state index contributed by atoms with van der Waals surface area (Å²) in [4.78, 5) is 0. The standard InChI is InChI=1S/C14H21N.C2H6/c1-5-6-13(4)15-10-14-8-7-11(2)9-12(14)3;1-2/h6-9,15H,5,10H2,1-4H3;1-2H3. The van der Waals surface area contributed by atoms with Crippen LogP contribution >= 0.6 is 0 Å². The maximum Gasteiger partial charge on any atom is 0.0400 e. The Labute approximate surface area is 107 Å². The molecule has 0 spiro atoms. The average molecular weight is 233 g/mol. The van der Waals surface area contributed by atoms with Gasteiger partial charge in [-0.15, -0.1) is 0 Å². The third-order valence-corrected chi connectivity index (χ3v) is 2.57. The minimum absolute atomic E-state index is 0.925. The molecule has 0 saturated heterocycles. The number of rotatable bonds is 4. The van der Waals surface area contributed by atoms with Crippen LogP contribution in [-0.4, -0.2) is 0 Å². The fourth-order valence-corrected chi connectivity index (χ4v) is 1.66. The summed E-state index contributed by atoms with van der Waals surface area (Å²) in [7, 11) is 0. The third-order valence-electron chi connectivity index (χ3n) is 2.57. The van der Waals surface area contributed by atoms with Crippen molar-refractivity contribution in [3.8, 4) is 0 Å². The second-order valence-corrected chi connectivity index (χ2v) is 4.08. The zero-order valence-corrected chi connectivity index (χ0v) is 12.2. The van der Waals surface area contributed by atoms with E-state index in [4.69, 9.17) is 0 Å². The Bertz CT molecular complexity index is 351. The molecule has 1 aromatic rings. The second kappa shape index (κ2) is 8.86. The van der Waals surface area contributed by atoms with Crippen LogP contribution < -0.4 is 5.32 Å². The number of nitrogens with one attached hydrogen (secondary N) is 1. The highest BCUT2D eigenvalue weighted by Crippen LogP contribution is 2.10. The monoisotopic (exact) mass is 233 g/mol. The van der Waals surface area contributed by atoms with Gasteiger partial charge in [-0.3, -0.25) is 0 Å². The lowest BCUT2D eigenvalue weighted by atomic mass is 10.1. The highest BCUT2D eigenvalue weighted by molar-refractivity contribution is 5.30. The minimum Gasteiger partial charge on any atom is -0.385 e. The lowest BCUT2D eigenvalue weighted by molar-refractivity contribution is 0.799. The highest BCUT2D eigenvalue weighted by Gasteiger charge is 1.97. The van der Waals surface area contributed by atoms with Crippen LogP contribution in [0.2, 0.25) is 0 Å². The van der Waals surface area contributed by atoms with Gasteiger partial charge in [0.15, 0.2) is 0 Å². The van der Waals surface area contributed by atoms with Crippen molar-refractivity contribution < 1.29 is 0 Å². The van der Waals surface area contributed by atoms with E-state index < -0.39 is 0 Å². The maximum absolute atomic E-state index is 3.42. The van der Waals surface area contributed by atoms with Crippen molar-refractivity contribution in [2.24, 2.45) is 0 Å². The van der Waals surface area contributed by atoms with Gasteiger partial charge >= 0.3 is 0 Å². The minimum atomic E-state index is 0.925. The number of benzene rings is 1. The van der Waals surface area contributed by atoms with E-state index >= 15 is 0 Å². The predicted octanol–water partition coefficient (Wildman–Crippen LogP) is 4.73. The molecule has 0 amide bonds. The van der Waals surface area contributed by atoms with Crippen molar-refractivity contribution in [1.29, 1.82) is 0 Å². The van der Waals surface area contributed by atoms with Gasteiger partial charge in [0, 0.05) is 12.2 Å². The molecule has 1 aromatic carbocycles. The Morgan fingerprint density at radius 1 is 1.24 bits per heavy atom. The van der Waals surface area contributed by atoms with Crippen LogP contribution in [0.25, 0.3) is 0 Å². The van der Waals surface area contributed by atoms with Crippen LogP contribution in [0.4, 0.5) is 0 Å². The fourth-order valence-electron chi connectivity index (χ4n) is 1.66. The quantitative estimate of drug-likeness (QED) is 0.792. The van der Waals surface area contributed by atoms with Crippen LogP contribution in [0.3, 0.4) is 0 Å². The second-order valence-electron chi connectivity index (χ2n) is 4.08. The van der Waals surface area contributed by atoms with Crippen LogP contribution in [0.15, 0.2) is 30.0 Å². The Balaban J connectivity index is 0.00000121. The first-order valence-corrected chi connectivity index (χ1v) is 6.60. The van der Waals surface area contributed by atoms with Crippen molar-refractivity contribution in [3.63, 3.8) is 0 Å². The molecule has 0 bridgehead atoms. The van der Waals surface area contributed by atoms with Crippen molar-refractivity contribution in [1.82, 2.24) is 5.32 Å². The van der Waals surface area contributed by atoms with Crippen LogP contribution in [0.1, 0.15) is 50.8 Å². The number of aryl methyl sites for hydroxylation is 2. The molecule has 0 saturated carbocycles. The molecule has 0 fully saturated rings. The van der Waals surface area contributed by atoms with Crippen molar-refractivity contribution >= 4 is 0 Å². The van der Waals surface area contributed by atoms with E-state index in [1.54, 1.807) is 0 Å².